The first-order chi connectivity index (χ1) is 22.0. The van der Waals surface area contributed by atoms with Gasteiger partial charge in [-0.3, -0.25) is 9.69 Å². The summed E-state index contributed by atoms with van der Waals surface area (Å²) in [5.74, 6) is 0.411. The number of ether oxygens (including phenoxy) is 2. The number of hydrogen-bond donors (Lipinski definition) is 0. The van der Waals surface area contributed by atoms with Crippen molar-refractivity contribution in [3.63, 3.8) is 0 Å². The summed E-state index contributed by atoms with van der Waals surface area (Å²) in [6.45, 7) is 9.84. The van der Waals surface area contributed by atoms with Crippen LogP contribution in [0, 0.1) is 11.3 Å². The number of fused-ring (bicyclic) bond motifs is 2. The van der Waals surface area contributed by atoms with Gasteiger partial charge in [-0.2, -0.15) is 15.2 Å². The molecule has 11 heteroatoms. The minimum atomic E-state index is -0.310. The van der Waals surface area contributed by atoms with Crippen molar-refractivity contribution in [2.24, 2.45) is 0 Å². The Bertz CT molecular complexity index is 1470. The second-order valence-corrected chi connectivity index (χ2v) is 12.4. The molecule has 2 aromatic rings. The maximum atomic E-state index is 12.6. The monoisotopic (exact) mass is 613 g/mol. The Kier molecular flexibility index (Phi) is 9.50. The Balaban J connectivity index is 1.27. The van der Waals surface area contributed by atoms with Gasteiger partial charge in [-0.05, 0) is 81.5 Å². The van der Waals surface area contributed by atoms with Crippen LogP contribution in [0.1, 0.15) is 59.3 Å². The third kappa shape index (κ3) is 6.61. The first-order valence-corrected chi connectivity index (χ1v) is 16.3. The maximum Gasteiger partial charge on any atom is 0.337 e. The fourth-order valence-corrected chi connectivity index (χ4v) is 7.41. The first-order valence-electron chi connectivity index (χ1n) is 16.3. The molecule has 2 atom stereocenters. The van der Waals surface area contributed by atoms with Crippen LogP contribution in [0.5, 0.6) is 6.01 Å². The molecule has 2 saturated heterocycles. The summed E-state index contributed by atoms with van der Waals surface area (Å²) in [5, 5.41) is 9.54. The van der Waals surface area contributed by atoms with E-state index in [-0.39, 0.29) is 30.4 Å². The normalized spacial score (nSPS) is 21.5. The Morgan fingerprint density at radius 2 is 1.96 bits per heavy atom. The van der Waals surface area contributed by atoms with Crippen molar-refractivity contribution in [1.82, 2.24) is 19.8 Å². The van der Waals surface area contributed by atoms with E-state index in [1.54, 1.807) is 4.90 Å². The molecule has 4 aliphatic rings. The van der Waals surface area contributed by atoms with Crippen LogP contribution in [0.4, 0.5) is 11.5 Å². The predicted octanol–water partition coefficient (Wildman–Crippen LogP) is 3.16. The maximum absolute atomic E-state index is 12.6. The molecule has 11 nitrogen and oxygen atoms in total. The number of carbonyl (C=O) groups excluding carboxylic acids is 2. The van der Waals surface area contributed by atoms with E-state index in [9.17, 15) is 14.9 Å². The lowest BCUT2D eigenvalue weighted by Crippen LogP contribution is -2.55. The molecule has 1 amide bonds. The molecule has 3 aliphatic heterocycles. The lowest BCUT2D eigenvalue weighted by atomic mass is 9.88. The number of nitrogens with zero attached hydrogens (tertiary/aromatic N) is 7. The molecule has 0 spiro atoms. The van der Waals surface area contributed by atoms with Crippen LogP contribution >= 0.6 is 0 Å². The number of amides is 1. The summed E-state index contributed by atoms with van der Waals surface area (Å²) < 4.78 is 11.2. The molecule has 6 rings (SSSR count). The molecule has 1 aromatic heterocycles. The molecule has 1 aliphatic carbocycles. The highest BCUT2D eigenvalue weighted by atomic mass is 16.5. The third-order valence-corrected chi connectivity index (χ3v) is 9.71. The van der Waals surface area contributed by atoms with Crippen molar-refractivity contribution in [1.29, 1.82) is 5.26 Å². The number of likely N-dealkylation sites (tertiary alicyclic amines) is 1. The molecule has 4 heterocycles. The van der Waals surface area contributed by atoms with Crippen LogP contribution < -0.4 is 14.5 Å². The summed E-state index contributed by atoms with van der Waals surface area (Å²) in [4.78, 5) is 43.6. The van der Waals surface area contributed by atoms with Crippen LogP contribution in [-0.4, -0.2) is 103 Å². The number of piperazine rings is 1. The fraction of sp³-hybridized carbons (Fsp3) is 0.559. The number of aromatic nitrogens is 2. The number of hydrogen-bond acceptors (Lipinski definition) is 10. The average molecular weight is 614 g/mol. The molecule has 0 radical (unpaired) electrons. The van der Waals surface area contributed by atoms with E-state index < -0.39 is 0 Å². The Morgan fingerprint density at radius 3 is 2.73 bits per heavy atom. The van der Waals surface area contributed by atoms with Crippen molar-refractivity contribution in [2.45, 2.75) is 63.5 Å². The van der Waals surface area contributed by atoms with Crippen LogP contribution in [-0.2, 0) is 28.8 Å². The van der Waals surface area contributed by atoms with Gasteiger partial charge in [0, 0.05) is 56.4 Å². The lowest BCUT2D eigenvalue weighted by molar-refractivity contribution is -0.128. The average Bonchev–Trinajstić information content (AvgIpc) is 3.60. The van der Waals surface area contributed by atoms with Crippen molar-refractivity contribution in [3.8, 4) is 12.1 Å². The first kappa shape index (κ1) is 30.8. The second kappa shape index (κ2) is 13.9. The van der Waals surface area contributed by atoms with Gasteiger partial charge in [0.15, 0.2) is 0 Å². The van der Waals surface area contributed by atoms with E-state index in [4.69, 9.17) is 19.4 Å². The molecule has 2 unspecified atom stereocenters. The SMILES string of the molecule is C=CC(=O)N1CCN(c2nc(OCCN3CCCC3)nc3c2CCC(N2CCCc4cc(C(=O)OC)ccc42)C3)CC1CC#N. The number of carbonyl (C=O) groups is 2. The molecule has 238 valence electrons. The van der Waals surface area contributed by atoms with Crippen LogP contribution in [0.2, 0.25) is 0 Å². The topological polar surface area (TPSA) is 115 Å². The van der Waals surface area contributed by atoms with Crippen LogP contribution in [0.15, 0.2) is 30.9 Å². The van der Waals surface area contributed by atoms with Gasteiger partial charge in [-0.15, -0.1) is 0 Å². The summed E-state index contributed by atoms with van der Waals surface area (Å²) in [6.07, 6.45) is 8.54. The number of esters is 1. The number of methoxy groups -OCH3 is 1. The molecule has 45 heavy (non-hydrogen) atoms. The summed E-state index contributed by atoms with van der Waals surface area (Å²) in [7, 11) is 1.42. The number of nitriles is 1. The molecule has 2 fully saturated rings. The Labute approximate surface area is 265 Å². The quantitative estimate of drug-likeness (QED) is 0.309. The van der Waals surface area contributed by atoms with Crippen molar-refractivity contribution < 1.29 is 19.1 Å². The van der Waals surface area contributed by atoms with Gasteiger partial charge in [0.2, 0.25) is 5.91 Å². The van der Waals surface area contributed by atoms with Gasteiger partial charge in [-0.25, -0.2) is 4.79 Å². The summed E-state index contributed by atoms with van der Waals surface area (Å²) in [6, 6.07) is 8.58. The number of rotatable bonds is 9. The minimum absolute atomic E-state index is 0.145. The summed E-state index contributed by atoms with van der Waals surface area (Å²) in [5.41, 5.74) is 5.09. The molecule has 0 bridgehead atoms. The van der Waals surface area contributed by atoms with Crippen molar-refractivity contribution in [3.05, 3.63) is 53.2 Å². The van der Waals surface area contributed by atoms with E-state index in [1.807, 2.05) is 12.1 Å². The zero-order chi connectivity index (χ0) is 31.3. The van der Waals surface area contributed by atoms with E-state index >= 15 is 0 Å². The molecule has 0 saturated carbocycles. The van der Waals surface area contributed by atoms with E-state index in [0.717, 1.165) is 75.4 Å². The zero-order valence-corrected chi connectivity index (χ0v) is 26.2. The number of anilines is 2. The van der Waals surface area contributed by atoms with Gasteiger partial charge in [-0.1, -0.05) is 6.58 Å². The third-order valence-electron chi connectivity index (χ3n) is 9.71. The fourth-order valence-electron chi connectivity index (χ4n) is 7.41. The summed E-state index contributed by atoms with van der Waals surface area (Å²) >= 11 is 0. The van der Waals surface area contributed by atoms with Crippen molar-refractivity contribution >= 4 is 23.4 Å². The standard InChI is InChI=1S/C34H43N7O4/c1-3-31(42)41-18-17-39(23-27(41)12-13-35)32-28-10-9-26(22-29(28)36-34(37-32)45-20-19-38-14-4-5-15-38)40-16-6-7-24-21-25(33(43)44-2)8-11-30(24)40/h3,8,11,21,26-27H,1,4-7,9-10,12,14-20,22-23H2,2H3. The highest BCUT2D eigenvalue weighted by Gasteiger charge is 2.35. The molecule has 1 aromatic carbocycles. The van der Waals surface area contributed by atoms with Gasteiger partial charge < -0.3 is 24.2 Å². The lowest BCUT2D eigenvalue weighted by Gasteiger charge is -2.43. The van der Waals surface area contributed by atoms with Gasteiger partial charge >= 0.3 is 12.0 Å². The number of aryl methyl sites for hydroxylation is 1. The van der Waals surface area contributed by atoms with E-state index in [1.165, 1.54) is 37.3 Å². The number of benzene rings is 1. The van der Waals surface area contributed by atoms with Crippen LogP contribution in [0.3, 0.4) is 0 Å². The van der Waals surface area contributed by atoms with Gasteiger partial charge in [0.05, 0.1) is 36.9 Å². The molecule has 0 N–H and O–H groups in total. The Morgan fingerprint density at radius 1 is 1.11 bits per heavy atom. The molecular formula is C34H43N7O4. The largest absolute Gasteiger partial charge is 0.465 e. The predicted molar refractivity (Wildman–Crippen MR) is 171 cm³/mol. The van der Waals surface area contributed by atoms with E-state index in [0.29, 0.717) is 37.8 Å². The van der Waals surface area contributed by atoms with Gasteiger partial charge in [0.1, 0.15) is 12.4 Å². The smallest absolute Gasteiger partial charge is 0.337 e. The highest BCUT2D eigenvalue weighted by Crippen LogP contribution is 2.37. The zero-order valence-electron chi connectivity index (χ0n) is 26.2. The van der Waals surface area contributed by atoms with Gasteiger partial charge in [0.25, 0.3) is 0 Å². The molecular weight excluding hydrogens is 570 g/mol. The van der Waals surface area contributed by atoms with E-state index in [2.05, 4.69) is 33.4 Å². The minimum Gasteiger partial charge on any atom is -0.465 e. The highest BCUT2D eigenvalue weighted by molar-refractivity contribution is 5.90. The van der Waals surface area contributed by atoms with Crippen LogP contribution in [0.25, 0.3) is 0 Å². The van der Waals surface area contributed by atoms with Crippen molar-refractivity contribution in [2.75, 3.05) is 69.3 Å². The Hall–Kier alpha value is -4.17. The second-order valence-electron chi connectivity index (χ2n) is 12.4.